The Morgan fingerprint density at radius 2 is 1.76 bits per heavy atom. The number of rotatable bonds is 3. The van der Waals surface area contributed by atoms with Gasteiger partial charge in [-0.2, -0.15) is 0 Å². The van der Waals surface area contributed by atoms with Crippen LogP contribution < -0.4 is 5.56 Å². The average Bonchev–Trinajstić information content (AvgIpc) is 2.89. The Kier molecular flexibility index (Phi) is 5.19. The van der Waals surface area contributed by atoms with Gasteiger partial charge >= 0.3 is 0 Å². The fourth-order valence-electron chi connectivity index (χ4n) is 3.70. The number of hydrogen-bond acceptors (Lipinski definition) is 5. The number of sulfone groups is 1. The molecule has 1 amide bonds. The van der Waals surface area contributed by atoms with Gasteiger partial charge in [0, 0.05) is 13.1 Å². The first-order valence-electron chi connectivity index (χ1n) is 9.44. The zero-order chi connectivity index (χ0) is 20.4. The van der Waals surface area contributed by atoms with Crippen LogP contribution in [0.25, 0.3) is 10.9 Å². The summed E-state index contributed by atoms with van der Waals surface area (Å²) >= 11 is 0. The van der Waals surface area contributed by atoms with Crippen molar-refractivity contribution < 1.29 is 13.2 Å². The highest BCUT2D eigenvalue weighted by molar-refractivity contribution is 7.91. The third kappa shape index (κ3) is 3.93. The summed E-state index contributed by atoms with van der Waals surface area (Å²) in [6.07, 6.45) is 1.70. The molecule has 1 atom stereocenters. The standard InChI is InChI=1S/C21H21N3O4S/c25-20(14-24-15-22-18-9-5-4-8-17(18)21(24)26)23-11-10-19(29(27,28)13-12-23)16-6-2-1-3-7-16/h1-9,15,19H,10-14H2/t19-/m0/s1. The monoisotopic (exact) mass is 411 g/mol. The minimum Gasteiger partial charge on any atom is -0.340 e. The van der Waals surface area contributed by atoms with Gasteiger partial charge in [-0.05, 0) is 24.1 Å². The van der Waals surface area contributed by atoms with Gasteiger partial charge in [0.05, 0.1) is 28.2 Å². The Labute approximate surface area is 168 Å². The lowest BCUT2D eigenvalue weighted by molar-refractivity contribution is -0.131. The Morgan fingerprint density at radius 3 is 2.55 bits per heavy atom. The van der Waals surface area contributed by atoms with E-state index in [0.717, 1.165) is 5.56 Å². The van der Waals surface area contributed by atoms with Gasteiger partial charge in [-0.15, -0.1) is 0 Å². The molecule has 2 heterocycles. The number of benzene rings is 2. The molecular formula is C21H21N3O4S. The lowest BCUT2D eigenvalue weighted by atomic mass is 10.1. The van der Waals surface area contributed by atoms with Crippen LogP contribution in [0, 0.1) is 0 Å². The first-order valence-corrected chi connectivity index (χ1v) is 11.2. The summed E-state index contributed by atoms with van der Waals surface area (Å²) in [6, 6.07) is 16.1. The van der Waals surface area contributed by atoms with E-state index in [1.807, 2.05) is 18.2 Å². The highest BCUT2D eigenvalue weighted by Crippen LogP contribution is 2.29. The van der Waals surface area contributed by atoms with Crippen molar-refractivity contribution in [3.8, 4) is 0 Å². The maximum absolute atomic E-state index is 12.8. The molecule has 1 aromatic heterocycles. The second-order valence-corrected chi connectivity index (χ2v) is 9.43. The molecular weight excluding hydrogens is 390 g/mol. The number of carbonyl (C=O) groups is 1. The average molecular weight is 411 g/mol. The summed E-state index contributed by atoms with van der Waals surface area (Å²) in [4.78, 5) is 31.2. The lowest BCUT2D eigenvalue weighted by Gasteiger charge is -2.20. The summed E-state index contributed by atoms with van der Waals surface area (Å²) < 4.78 is 26.7. The van der Waals surface area contributed by atoms with E-state index >= 15 is 0 Å². The van der Waals surface area contributed by atoms with Gasteiger partial charge in [0.1, 0.15) is 6.54 Å². The first-order chi connectivity index (χ1) is 14.0. The molecule has 1 aliphatic rings. The lowest BCUT2D eigenvalue weighted by Crippen LogP contribution is -2.38. The van der Waals surface area contributed by atoms with Gasteiger partial charge in [0.2, 0.25) is 5.91 Å². The van der Waals surface area contributed by atoms with Crippen LogP contribution in [0.15, 0.2) is 65.7 Å². The van der Waals surface area contributed by atoms with Crippen molar-refractivity contribution in [2.24, 2.45) is 0 Å². The SMILES string of the molecule is O=C(Cn1cnc2ccccc2c1=O)N1CC[C@@H](c2ccccc2)S(=O)(=O)CC1. The summed E-state index contributed by atoms with van der Waals surface area (Å²) in [6.45, 7) is 0.292. The van der Waals surface area contributed by atoms with Crippen LogP contribution in [0.5, 0.6) is 0 Å². The molecule has 2 aromatic carbocycles. The molecule has 29 heavy (non-hydrogen) atoms. The van der Waals surface area contributed by atoms with E-state index in [0.29, 0.717) is 23.9 Å². The molecule has 0 N–H and O–H groups in total. The Morgan fingerprint density at radius 1 is 1.03 bits per heavy atom. The molecule has 1 saturated heterocycles. The normalized spacial score (nSPS) is 19.0. The molecule has 150 valence electrons. The Bertz CT molecular complexity index is 1210. The quantitative estimate of drug-likeness (QED) is 0.656. The number of amides is 1. The molecule has 0 spiro atoms. The van der Waals surface area contributed by atoms with Crippen LogP contribution in [0.2, 0.25) is 0 Å². The van der Waals surface area contributed by atoms with E-state index in [4.69, 9.17) is 0 Å². The smallest absolute Gasteiger partial charge is 0.261 e. The van der Waals surface area contributed by atoms with Gasteiger partial charge in [-0.25, -0.2) is 13.4 Å². The molecule has 0 unspecified atom stereocenters. The van der Waals surface area contributed by atoms with Gasteiger partial charge in [0.25, 0.3) is 5.56 Å². The van der Waals surface area contributed by atoms with E-state index in [9.17, 15) is 18.0 Å². The maximum Gasteiger partial charge on any atom is 0.261 e. The fraction of sp³-hybridized carbons (Fsp3) is 0.286. The van der Waals surface area contributed by atoms with Crippen LogP contribution in [-0.2, 0) is 21.2 Å². The van der Waals surface area contributed by atoms with Crippen molar-refractivity contribution in [1.29, 1.82) is 0 Å². The topological polar surface area (TPSA) is 89.3 Å². The van der Waals surface area contributed by atoms with Crippen molar-refractivity contribution in [1.82, 2.24) is 14.5 Å². The van der Waals surface area contributed by atoms with E-state index in [-0.39, 0.29) is 30.3 Å². The fourth-order valence-corrected chi connectivity index (χ4v) is 5.50. The summed E-state index contributed by atoms with van der Waals surface area (Å²) in [5.74, 6) is -0.378. The molecule has 0 saturated carbocycles. The van der Waals surface area contributed by atoms with Crippen LogP contribution in [0.3, 0.4) is 0 Å². The molecule has 8 heteroatoms. The molecule has 0 aliphatic carbocycles. The molecule has 7 nitrogen and oxygen atoms in total. The number of fused-ring (bicyclic) bond motifs is 1. The van der Waals surface area contributed by atoms with Crippen molar-refractivity contribution in [2.45, 2.75) is 18.2 Å². The van der Waals surface area contributed by atoms with E-state index in [2.05, 4.69) is 4.98 Å². The summed E-state index contributed by atoms with van der Waals surface area (Å²) in [5.41, 5.74) is 1.04. The van der Waals surface area contributed by atoms with Crippen molar-refractivity contribution in [3.63, 3.8) is 0 Å². The van der Waals surface area contributed by atoms with Crippen molar-refractivity contribution in [2.75, 3.05) is 18.8 Å². The van der Waals surface area contributed by atoms with Crippen LogP contribution >= 0.6 is 0 Å². The molecule has 1 aliphatic heterocycles. The van der Waals surface area contributed by atoms with Crippen molar-refractivity contribution in [3.05, 3.63) is 76.8 Å². The zero-order valence-corrected chi connectivity index (χ0v) is 16.6. The number of hydrogen-bond donors (Lipinski definition) is 0. The number of para-hydroxylation sites is 1. The Balaban J connectivity index is 1.53. The highest BCUT2D eigenvalue weighted by atomic mass is 32.2. The molecule has 0 radical (unpaired) electrons. The molecule has 1 fully saturated rings. The third-order valence-corrected chi connectivity index (χ3v) is 7.43. The highest BCUT2D eigenvalue weighted by Gasteiger charge is 2.32. The third-order valence-electron chi connectivity index (χ3n) is 5.30. The number of aromatic nitrogens is 2. The molecule has 4 rings (SSSR count). The summed E-state index contributed by atoms with van der Waals surface area (Å²) in [5, 5.41) is -0.169. The minimum absolute atomic E-state index is 0.0941. The van der Waals surface area contributed by atoms with Gasteiger partial charge < -0.3 is 4.90 Å². The van der Waals surface area contributed by atoms with Gasteiger partial charge in [-0.1, -0.05) is 42.5 Å². The zero-order valence-electron chi connectivity index (χ0n) is 15.8. The van der Waals surface area contributed by atoms with E-state index < -0.39 is 15.1 Å². The molecule has 0 bridgehead atoms. The largest absolute Gasteiger partial charge is 0.340 e. The predicted octanol–water partition coefficient (Wildman–Crippen LogP) is 1.78. The number of carbonyl (C=O) groups excluding carboxylic acids is 1. The van der Waals surface area contributed by atoms with Crippen molar-refractivity contribution >= 4 is 26.6 Å². The van der Waals surface area contributed by atoms with Crippen LogP contribution in [0.4, 0.5) is 0 Å². The Hall–Kier alpha value is -3.00. The second-order valence-electron chi connectivity index (χ2n) is 7.13. The van der Waals surface area contributed by atoms with Crippen LogP contribution in [0.1, 0.15) is 17.2 Å². The number of nitrogens with zero attached hydrogens (tertiary/aromatic N) is 3. The van der Waals surface area contributed by atoms with Gasteiger partial charge in [-0.3, -0.25) is 14.2 Å². The van der Waals surface area contributed by atoms with E-state index in [1.165, 1.54) is 15.8 Å². The maximum atomic E-state index is 12.8. The minimum atomic E-state index is -3.36. The predicted molar refractivity (Wildman–Crippen MR) is 110 cm³/mol. The van der Waals surface area contributed by atoms with Gasteiger partial charge in [0.15, 0.2) is 9.84 Å². The second kappa shape index (κ2) is 7.79. The van der Waals surface area contributed by atoms with Crippen LogP contribution in [-0.4, -0.2) is 47.6 Å². The summed E-state index contributed by atoms with van der Waals surface area (Å²) in [7, 11) is -3.36. The first kappa shape index (κ1) is 19.3. The molecule has 3 aromatic rings. The van der Waals surface area contributed by atoms with E-state index in [1.54, 1.807) is 36.4 Å².